The molecule has 0 bridgehead atoms. The van der Waals surface area contributed by atoms with Gasteiger partial charge in [0.2, 0.25) is 5.91 Å². The first-order chi connectivity index (χ1) is 13.0. The Morgan fingerprint density at radius 3 is 2.30 bits per heavy atom. The number of nitrogens with zero attached hydrogens (tertiary/aromatic N) is 1. The molecule has 2 N–H and O–H groups in total. The van der Waals surface area contributed by atoms with Crippen molar-refractivity contribution in [1.82, 2.24) is 4.98 Å². The number of carbonyl (C=O) groups is 2. The third-order valence-electron chi connectivity index (χ3n) is 5.49. The number of aromatic amines is 1. The fourth-order valence-electron chi connectivity index (χ4n) is 4.25. The molecule has 1 aliphatic rings. The molecular weight excluding hydrogens is 340 g/mol. The van der Waals surface area contributed by atoms with E-state index in [2.05, 4.69) is 4.98 Å². The topological polar surface area (TPSA) is 73.4 Å². The Bertz CT molecular complexity index is 963. The van der Waals surface area contributed by atoms with Crippen LogP contribution in [0.3, 0.4) is 0 Å². The normalized spacial score (nSPS) is 14.9. The van der Waals surface area contributed by atoms with Gasteiger partial charge in [0.15, 0.2) is 0 Å². The zero-order valence-corrected chi connectivity index (χ0v) is 15.2. The molecule has 0 aliphatic heterocycles. The molecule has 27 heavy (non-hydrogen) atoms. The summed E-state index contributed by atoms with van der Waals surface area (Å²) in [5, 5.41) is 10.6. The average Bonchev–Trinajstić information content (AvgIpc) is 3.22. The minimum atomic E-state index is -0.942. The minimum absolute atomic E-state index is 0.129. The molecule has 5 heteroatoms. The van der Waals surface area contributed by atoms with Gasteiger partial charge >= 0.3 is 5.97 Å². The van der Waals surface area contributed by atoms with E-state index in [0.29, 0.717) is 25.2 Å². The second-order valence-electron chi connectivity index (χ2n) is 7.26. The number of hydrogen-bond donors (Lipinski definition) is 2. The number of carboxylic acids is 1. The Balaban J connectivity index is 1.73. The lowest BCUT2D eigenvalue weighted by atomic mass is 9.79. The standard InChI is InChI=1S/C22H22N2O3/c1-2-24(19-11-15-7-5-6-10-18(15)23-19)21(27)22(14-20(25)26)12-16-8-3-4-9-17(16)13-22/h3-11,23H,2,12-14H2,1H3,(H,25,26). The van der Waals surface area contributed by atoms with Crippen molar-refractivity contribution >= 4 is 28.6 Å². The van der Waals surface area contributed by atoms with Crippen LogP contribution in [0.15, 0.2) is 54.6 Å². The smallest absolute Gasteiger partial charge is 0.304 e. The number of hydrogen-bond acceptors (Lipinski definition) is 2. The van der Waals surface area contributed by atoms with E-state index in [1.165, 1.54) is 0 Å². The first-order valence-corrected chi connectivity index (χ1v) is 9.21. The molecule has 0 radical (unpaired) electrons. The predicted molar refractivity (Wildman–Crippen MR) is 105 cm³/mol. The summed E-state index contributed by atoms with van der Waals surface area (Å²) in [4.78, 5) is 30.2. The number of rotatable bonds is 5. The number of aromatic nitrogens is 1. The van der Waals surface area contributed by atoms with Crippen molar-refractivity contribution in [2.75, 3.05) is 11.4 Å². The summed E-state index contributed by atoms with van der Waals surface area (Å²) in [5.41, 5.74) is 2.16. The highest BCUT2D eigenvalue weighted by atomic mass is 16.4. The Labute approximate surface area is 157 Å². The van der Waals surface area contributed by atoms with Crippen LogP contribution in [-0.2, 0) is 22.4 Å². The molecule has 0 saturated heterocycles. The fourth-order valence-corrected chi connectivity index (χ4v) is 4.25. The lowest BCUT2D eigenvalue weighted by Crippen LogP contribution is -2.46. The number of anilines is 1. The van der Waals surface area contributed by atoms with Gasteiger partial charge in [0.05, 0.1) is 11.8 Å². The maximum Gasteiger partial charge on any atom is 0.304 e. The van der Waals surface area contributed by atoms with Crippen LogP contribution in [0.2, 0.25) is 0 Å². The van der Waals surface area contributed by atoms with E-state index < -0.39 is 11.4 Å². The van der Waals surface area contributed by atoms with Crippen LogP contribution in [0.5, 0.6) is 0 Å². The summed E-state index contributed by atoms with van der Waals surface area (Å²) in [6.07, 6.45) is 0.757. The number of nitrogens with one attached hydrogen (secondary N) is 1. The number of fused-ring (bicyclic) bond motifs is 2. The SMILES string of the molecule is CCN(C(=O)C1(CC(=O)O)Cc2ccccc2C1)c1cc2ccccc2[nH]1. The third-order valence-corrected chi connectivity index (χ3v) is 5.49. The maximum absolute atomic E-state index is 13.6. The number of H-pyrrole nitrogens is 1. The molecule has 4 rings (SSSR count). The van der Waals surface area contributed by atoms with Crippen molar-refractivity contribution in [2.45, 2.75) is 26.2 Å². The van der Waals surface area contributed by atoms with Gasteiger partial charge in [-0.15, -0.1) is 0 Å². The number of para-hydroxylation sites is 1. The van der Waals surface area contributed by atoms with Crippen molar-refractivity contribution in [3.63, 3.8) is 0 Å². The van der Waals surface area contributed by atoms with Gasteiger partial charge in [-0.1, -0.05) is 42.5 Å². The zero-order valence-electron chi connectivity index (χ0n) is 15.2. The number of benzene rings is 2. The lowest BCUT2D eigenvalue weighted by Gasteiger charge is -2.32. The van der Waals surface area contributed by atoms with Gasteiger partial charge in [-0.2, -0.15) is 0 Å². The molecule has 138 valence electrons. The van der Waals surface area contributed by atoms with E-state index in [0.717, 1.165) is 22.0 Å². The third kappa shape index (κ3) is 2.99. The second kappa shape index (κ2) is 6.58. The van der Waals surface area contributed by atoms with Crippen LogP contribution in [0.1, 0.15) is 24.5 Å². The van der Waals surface area contributed by atoms with Gasteiger partial charge in [-0.3, -0.25) is 14.5 Å². The van der Waals surface area contributed by atoms with Gasteiger partial charge in [-0.05, 0) is 43.0 Å². The van der Waals surface area contributed by atoms with E-state index in [4.69, 9.17) is 0 Å². The van der Waals surface area contributed by atoms with Gasteiger partial charge in [0, 0.05) is 17.4 Å². The van der Waals surface area contributed by atoms with Crippen LogP contribution in [0.25, 0.3) is 10.9 Å². The van der Waals surface area contributed by atoms with Crippen molar-refractivity contribution in [3.8, 4) is 0 Å². The van der Waals surface area contributed by atoms with Gasteiger partial charge in [-0.25, -0.2) is 0 Å². The summed E-state index contributed by atoms with van der Waals surface area (Å²) >= 11 is 0. The minimum Gasteiger partial charge on any atom is -0.481 e. The highest BCUT2D eigenvalue weighted by Crippen LogP contribution is 2.42. The van der Waals surface area contributed by atoms with Crippen molar-refractivity contribution in [1.29, 1.82) is 0 Å². The molecule has 1 heterocycles. The Morgan fingerprint density at radius 2 is 1.70 bits per heavy atom. The van der Waals surface area contributed by atoms with Crippen LogP contribution < -0.4 is 4.90 Å². The van der Waals surface area contributed by atoms with Crippen LogP contribution >= 0.6 is 0 Å². The lowest BCUT2D eigenvalue weighted by molar-refractivity contribution is -0.144. The molecule has 0 atom stereocenters. The van der Waals surface area contributed by atoms with Crippen LogP contribution in [0, 0.1) is 5.41 Å². The number of amides is 1. The highest BCUT2D eigenvalue weighted by Gasteiger charge is 2.47. The van der Waals surface area contributed by atoms with Crippen molar-refractivity contribution < 1.29 is 14.7 Å². The van der Waals surface area contributed by atoms with Gasteiger partial charge in [0.25, 0.3) is 0 Å². The largest absolute Gasteiger partial charge is 0.481 e. The number of carbonyl (C=O) groups excluding carboxylic acids is 1. The fraction of sp³-hybridized carbons (Fsp3) is 0.273. The summed E-state index contributed by atoms with van der Waals surface area (Å²) in [6, 6.07) is 17.7. The molecule has 5 nitrogen and oxygen atoms in total. The van der Waals surface area contributed by atoms with E-state index in [1.54, 1.807) is 4.90 Å². The van der Waals surface area contributed by atoms with Gasteiger partial charge in [0.1, 0.15) is 5.82 Å². The van der Waals surface area contributed by atoms with Crippen LogP contribution in [0.4, 0.5) is 5.82 Å². The molecule has 2 aromatic carbocycles. The molecule has 1 aromatic heterocycles. The first-order valence-electron chi connectivity index (χ1n) is 9.21. The Morgan fingerprint density at radius 1 is 1.07 bits per heavy atom. The molecule has 0 unspecified atom stereocenters. The first kappa shape index (κ1) is 17.3. The average molecular weight is 362 g/mol. The molecule has 1 amide bonds. The number of aliphatic carboxylic acids is 1. The number of carboxylic acid groups (broad SMARTS) is 1. The maximum atomic E-state index is 13.6. The Kier molecular flexibility index (Phi) is 4.22. The van der Waals surface area contributed by atoms with Crippen molar-refractivity contribution in [2.24, 2.45) is 5.41 Å². The molecule has 0 spiro atoms. The van der Waals surface area contributed by atoms with E-state index >= 15 is 0 Å². The molecule has 3 aromatic rings. The highest BCUT2D eigenvalue weighted by molar-refractivity contribution is 6.01. The van der Waals surface area contributed by atoms with Crippen molar-refractivity contribution in [3.05, 3.63) is 65.7 Å². The van der Waals surface area contributed by atoms with Crippen LogP contribution in [-0.4, -0.2) is 28.5 Å². The summed E-state index contributed by atoms with van der Waals surface area (Å²) in [7, 11) is 0. The summed E-state index contributed by atoms with van der Waals surface area (Å²) < 4.78 is 0. The molecular formula is C22H22N2O3. The second-order valence-corrected chi connectivity index (χ2v) is 7.26. The quantitative estimate of drug-likeness (QED) is 0.725. The summed E-state index contributed by atoms with van der Waals surface area (Å²) in [6.45, 7) is 2.39. The summed E-state index contributed by atoms with van der Waals surface area (Å²) in [5.74, 6) is -0.358. The molecule has 1 aliphatic carbocycles. The molecule has 0 saturated carbocycles. The van der Waals surface area contributed by atoms with E-state index in [9.17, 15) is 14.7 Å². The monoisotopic (exact) mass is 362 g/mol. The Hall–Kier alpha value is -3.08. The van der Waals surface area contributed by atoms with Gasteiger partial charge < -0.3 is 10.1 Å². The zero-order chi connectivity index (χ0) is 19.0. The molecule has 0 fully saturated rings. The van der Waals surface area contributed by atoms with E-state index in [-0.39, 0.29) is 12.3 Å². The van der Waals surface area contributed by atoms with E-state index in [1.807, 2.05) is 61.5 Å². The predicted octanol–water partition coefficient (Wildman–Crippen LogP) is 3.78.